The fraction of sp³-hybridized carbons (Fsp3) is 0.200. The van der Waals surface area contributed by atoms with E-state index in [1.54, 1.807) is 0 Å². The molecule has 11 heteroatoms. The van der Waals surface area contributed by atoms with Gasteiger partial charge in [-0.25, -0.2) is 0 Å². The average Bonchev–Trinajstić information content (AvgIpc) is 3.12. The van der Waals surface area contributed by atoms with Gasteiger partial charge in [-0.1, -0.05) is 12.1 Å². The van der Waals surface area contributed by atoms with Crippen molar-refractivity contribution in [2.24, 2.45) is 10.7 Å². The number of primary amides is 1. The van der Waals surface area contributed by atoms with Gasteiger partial charge in [-0.05, 0) is 43.3 Å². The summed E-state index contributed by atoms with van der Waals surface area (Å²) >= 11 is 0. The molecule has 8 nitrogen and oxygen atoms in total. The van der Waals surface area contributed by atoms with Crippen molar-refractivity contribution in [1.29, 1.82) is 0 Å². The van der Waals surface area contributed by atoms with E-state index in [0.29, 0.717) is 5.69 Å². The molecule has 2 aromatic carbocycles. The van der Waals surface area contributed by atoms with Gasteiger partial charge < -0.3 is 21.7 Å². The zero-order valence-corrected chi connectivity index (χ0v) is 16.2. The minimum Gasteiger partial charge on any atom is -0.368 e. The van der Waals surface area contributed by atoms with Crippen LogP contribution in [0, 0.1) is 0 Å². The number of hydrogen-bond donors (Lipinski definition) is 4. The van der Waals surface area contributed by atoms with Crippen LogP contribution in [0.25, 0.3) is 0 Å². The van der Waals surface area contributed by atoms with Crippen LogP contribution in [-0.2, 0) is 15.8 Å². The van der Waals surface area contributed by atoms with Crippen molar-refractivity contribution < 1.29 is 27.6 Å². The number of nitrogens with zero attached hydrogens (tertiary/aromatic N) is 1. The van der Waals surface area contributed by atoms with Crippen LogP contribution in [0.4, 0.5) is 24.5 Å². The Morgan fingerprint density at radius 1 is 1.03 bits per heavy atom. The van der Waals surface area contributed by atoms with Gasteiger partial charge >= 0.3 is 6.18 Å². The van der Waals surface area contributed by atoms with E-state index in [1.807, 2.05) is 0 Å². The summed E-state index contributed by atoms with van der Waals surface area (Å²) < 4.78 is 39.3. The third kappa shape index (κ3) is 4.49. The molecule has 1 aliphatic heterocycles. The van der Waals surface area contributed by atoms with E-state index in [4.69, 9.17) is 5.73 Å². The van der Waals surface area contributed by atoms with Crippen LogP contribution in [0.3, 0.4) is 0 Å². The molecule has 2 unspecified atom stereocenters. The molecular weight excluding hydrogens is 415 g/mol. The summed E-state index contributed by atoms with van der Waals surface area (Å²) in [5.41, 5.74) is 2.96. The summed E-state index contributed by atoms with van der Waals surface area (Å²) in [5, 5.41) is 7.62. The fourth-order valence-electron chi connectivity index (χ4n) is 2.98. The minimum absolute atomic E-state index is 0.225. The lowest BCUT2D eigenvalue weighted by Crippen LogP contribution is -2.59. The second kappa shape index (κ2) is 8.09. The Hall–Kier alpha value is -3.89. The van der Waals surface area contributed by atoms with Crippen molar-refractivity contribution >= 4 is 35.4 Å². The molecule has 3 amide bonds. The van der Waals surface area contributed by atoms with Crippen LogP contribution in [0.5, 0.6) is 0 Å². The number of alkyl halides is 3. The number of rotatable bonds is 5. The SMILES string of the molecule is CC1(C(N)=O)NC=NC1C(=O)Nc1ccc(NC(=O)c2ccccc2C(F)(F)F)cc1. The average molecular weight is 433 g/mol. The van der Waals surface area contributed by atoms with Gasteiger partial charge in [-0.3, -0.25) is 19.4 Å². The number of nitrogens with two attached hydrogens (primary N) is 1. The highest BCUT2D eigenvalue weighted by molar-refractivity contribution is 6.06. The quantitative estimate of drug-likeness (QED) is 0.576. The number of amides is 3. The molecule has 3 rings (SSSR count). The van der Waals surface area contributed by atoms with Gasteiger partial charge in [0, 0.05) is 11.4 Å². The van der Waals surface area contributed by atoms with Crippen LogP contribution in [0.15, 0.2) is 53.5 Å². The maximum absolute atomic E-state index is 13.1. The van der Waals surface area contributed by atoms with E-state index in [9.17, 15) is 27.6 Å². The molecular formula is C20H18F3N5O3. The van der Waals surface area contributed by atoms with Crippen LogP contribution in [0.2, 0.25) is 0 Å². The van der Waals surface area contributed by atoms with Crippen molar-refractivity contribution in [3.05, 3.63) is 59.7 Å². The molecule has 1 heterocycles. The maximum Gasteiger partial charge on any atom is 0.417 e. The Kier molecular flexibility index (Phi) is 5.69. The molecule has 0 saturated carbocycles. The highest BCUT2D eigenvalue weighted by Crippen LogP contribution is 2.32. The molecule has 31 heavy (non-hydrogen) atoms. The first-order valence-electron chi connectivity index (χ1n) is 9.00. The molecule has 2 atom stereocenters. The lowest BCUT2D eigenvalue weighted by molar-refractivity contribution is -0.137. The number of carbonyl (C=O) groups excluding carboxylic acids is 3. The fourth-order valence-corrected chi connectivity index (χ4v) is 2.98. The van der Waals surface area contributed by atoms with Crippen molar-refractivity contribution in [3.63, 3.8) is 0 Å². The second-order valence-corrected chi connectivity index (χ2v) is 6.96. The lowest BCUT2D eigenvalue weighted by atomic mass is 9.92. The summed E-state index contributed by atoms with van der Waals surface area (Å²) in [6.07, 6.45) is -3.44. The number of carbonyl (C=O) groups is 3. The summed E-state index contributed by atoms with van der Waals surface area (Å²) in [6, 6.07) is 9.07. The molecule has 0 fully saturated rings. The number of hydrogen-bond acceptors (Lipinski definition) is 5. The number of nitrogens with one attached hydrogen (secondary N) is 3. The van der Waals surface area contributed by atoms with E-state index >= 15 is 0 Å². The van der Waals surface area contributed by atoms with Crippen molar-refractivity contribution in [3.8, 4) is 0 Å². The number of halogens is 3. The van der Waals surface area contributed by atoms with Crippen molar-refractivity contribution in [2.75, 3.05) is 10.6 Å². The molecule has 2 aromatic rings. The second-order valence-electron chi connectivity index (χ2n) is 6.96. The van der Waals surface area contributed by atoms with E-state index in [2.05, 4.69) is 20.9 Å². The highest BCUT2D eigenvalue weighted by atomic mass is 19.4. The van der Waals surface area contributed by atoms with E-state index in [-0.39, 0.29) is 5.69 Å². The zero-order valence-electron chi connectivity index (χ0n) is 16.2. The molecule has 5 N–H and O–H groups in total. The molecule has 162 valence electrons. The largest absolute Gasteiger partial charge is 0.417 e. The number of benzene rings is 2. The van der Waals surface area contributed by atoms with Gasteiger partial charge in [-0.15, -0.1) is 0 Å². The number of aliphatic imine (C=N–C) groups is 1. The molecule has 0 spiro atoms. The van der Waals surface area contributed by atoms with Crippen LogP contribution in [-0.4, -0.2) is 35.6 Å². The first kappa shape index (κ1) is 21.8. The van der Waals surface area contributed by atoms with Gasteiger partial charge in [0.25, 0.3) is 11.8 Å². The zero-order chi connectivity index (χ0) is 22.8. The van der Waals surface area contributed by atoms with Crippen molar-refractivity contribution in [1.82, 2.24) is 5.32 Å². The van der Waals surface area contributed by atoms with Crippen LogP contribution < -0.4 is 21.7 Å². The molecule has 0 saturated heterocycles. The summed E-state index contributed by atoms with van der Waals surface area (Å²) in [7, 11) is 0. The predicted octanol–water partition coefficient (Wildman–Crippen LogP) is 2.14. The smallest absolute Gasteiger partial charge is 0.368 e. The highest BCUT2D eigenvalue weighted by Gasteiger charge is 2.46. The first-order chi connectivity index (χ1) is 14.5. The molecule has 0 bridgehead atoms. The van der Waals surface area contributed by atoms with Gasteiger partial charge in [-0.2, -0.15) is 13.2 Å². The van der Waals surface area contributed by atoms with Crippen LogP contribution in [0.1, 0.15) is 22.8 Å². The minimum atomic E-state index is -4.67. The summed E-state index contributed by atoms with van der Waals surface area (Å²) in [4.78, 5) is 40.3. The number of anilines is 2. The molecule has 1 aliphatic rings. The van der Waals surface area contributed by atoms with Crippen LogP contribution >= 0.6 is 0 Å². The van der Waals surface area contributed by atoms with Gasteiger partial charge in [0.2, 0.25) is 5.91 Å². The monoisotopic (exact) mass is 433 g/mol. The normalized spacial score (nSPS) is 20.1. The van der Waals surface area contributed by atoms with Gasteiger partial charge in [0.05, 0.1) is 17.5 Å². The topological polar surface area (TPSA) is 126 Å². The van der Waals surface area contributed by atoms with Crippen molar-refractivity contribution in [2.45, 2.75) is 24.7 Å². The molecule has 0 aromatic heterocycles. The Balaban J connectivity index is 1.69. The predicted molar refractivity (Wildman–Crippen MR) is 107 cm³/mol. The Morgan fingerprint density at radius 3 is 2.19 bits per heavy atom. The van der Waals surface area contributed by atoms with Gasteiger partial charge in [0.1, 0.15) is 5.54 Å². The van der Waals surface area contributed by atoms with Gasteiger partial charge in [0.15, 0.2) is 6.04 Å². The Labute approximate surface area is 174 Å². The summed E-state index contributed by atoms with van der Waals surface area (Å²) in [5.74, 6) is -2.26. The standard InChI is InChI=1S/C20H18F3N5O3/c1-19(18(24)31)15(25-10-26-19)17(30)28-12-8-6-11(7-9-12)27-16(29)13-4-2-3-5-14(13)20(21,22)23/h2-10,15H,1H3,(H2,24,31)(H,25,26)(H,27,29)(H,28,30). The van der Waals surface area contributed by atoms with E-state index in [1.165, 1.54) is 49.7 Å². The third-order valence-electron chi connectivity index (χ3n) is 4.78. The van der Waals surface area contributed by atoms with E-state index < -0.39 is 46.6 Å². The Morgan fingerprint density at radius 2 is 1.61 bits per heavy atom. The molecule has 0 aliphatic carbocycles. The maximum atomic E-state index is 13.1. The summed E-state index contributed by atoms with van der Waals surface area (Å²) in [6.45, 7) is 1.45. The lowest BCUT2D eigenvalue weighted by Gasteiger charge is -2.26. The Bertz CT molecular complexity index is 1050. The molecule has 0 radical (unpaired) electrons. The van der Waals surface area contributed by atoms with E-state index in [0.717, 1.165) is 12.1 Å². The third-order valence-corrected chi connectivity index (χ3v) is 4.78. The first-order valence-corrected chi connectivity index (χ1v) is 9.00.